The second-order valence-electron chi connectivity index (χ2n) is 5.30. The van der Waals surface area contributed by atoms with E-state index in [4.69, 9.17) is 5.73 Å². The Kier molecular flexibility index (Phi) is 4.55. The molecule has 2 N–H and O–H groups in total. The van der Waals surface area contributed by atoms with Gasteiger partial charge in [0.05, 0.1) is 4.92 Å². The van der Waals surface area contributed by atoms with Crippen molar-refractivity contribution in [3.8, 4) is 0 Å². The number of hydrogen-bond acceptors (Lipinski definition) is 4. The third-order valence-corrected chi connectivity index (χ3v) is 3.31. The quantitative estimate of drug-likeness (QED) is 0.520. The van der Waals surface area contributed by atoms with Crippen LogP contribution in [0.15, 0.2) is 42.5 Å². The van der Waals surface area contributed by atoms with E-state index in [1.165, 1.54) is 17.2 Å². The summed E-state index contributed by atoms with van der Waals surface area (Å²) < 4.78 is 0. The van der Waals surface area contributed by atoms with Gasteiger partial charge in [-0.25, -0.2) is 0 Å². The highest BCUT2D eigenvalue weighted by Crippen LogP contribution is 2.21. The second kappa shape index (κ2) is 6.37. The van der Waals surface area contributed by atoms with Crippen LogP contribution < -0.4 is 5.73 Å². The molecule has 0 bridgehead atoms. The molecule has 5 nitrogen and oxygen atoms in total. The van der Waals surface area contributed by atoms with Gasteiger partial charge in [0.1, 0.15) is 0 Å². The molecule has 0 atom stereocenters. The number of aryl methyl sites for hydroxylation is 1. The number of nitrogens with zero attached hydrogens (tertiary/aromatic N) is 2. The predicted octanol–water partition coefficient (Wildman–Crippen LogP) is 3.12. The Hall–Kier alpha value is -2.40. The Balaban J connectivity index is 2.10. The maximum absolute atomic E-state index is 10.8. The first-order chi connectivity index (χ1) is 9.95. The van der Waals surface area contributed by atoms with Gasteiger partial charge in [-0.05, 0) is 31.2 Å². The van der Waals surface area contributed by atoms with E-state index in [-0.39, 0.29) is 5.69 Å². The van der Waals surface area contributed by atoms with Crippen LogP contribution in [0, 0.1) is 17.0 Å². The molecule has 0 aliphatic carbocycles. The normalized spacial score (nSPS) is 10.8. The summed E-state index contributed by atoms with van der Waals surface area (Å²) in [4.78, 5) is 12.5. The molecule has 5 heteroatoms. The Labute approximate surface area is 124 Å². The summed E-state index contributed by atoms with van der Waals surface area (Å²) in [6.07, 6.45) is 0. The Morgan fingerprint density at radius 2 is 1.95 bits per heavy atom. The van der Waals surface area contributed by atoms with Gasteiger partial charge in [-0.1, -0.05) is 29.8 Å². The van der Waals surface area contributed by atoms with Gasteiger partial charge in [-0.2, -0.15) is 0 Å². The molecule has 110 valence electrons. The number of anilines is 1. The van der Waals surface area contributed by atoms with Crippen molar-refractivity contribution in [1.82, 2.24) is 4.90 Å². The van der Waals surface area contributed by atoms with Crippen LogP contribution in [-0.4, -0.2) is 16.9 Å². The summed E-state index contributed by atoms with van der Waals surface area (Å²) in [5.74, 6) is 0. The Morgan fingerprint density at radius 1 is 1.19 bits per heavy atom. The van der Waals surface area contributed by atoms with Gasteiger partial charge < -0.3 is 5.73 Å². The Morgan fingerprint density at radius 3 is 2.62 bits per heavy atom. The third kappa shape index (κ3) is 4.03. The number of nitrogens with two attached hydrogens (primary N) is 1. The van der Waals surface area contributed by atoms with Gasteiger partial charge in [0.25, 0.3) is 5.69 Å². The molecule has 0 saturated heterocycles. The highest BCUT2D eigenvalue weighted by Gasteiger charge is 2.11. The SMILES string of the molecule is Cc1cccc(CN(C)Cc2cc([N+](=O)[O-])ccc2N)c1. The molecule has 0 saturated carbocycles. The van der Waals surface area contributed by atoms with E-state index in [9.17, 15) is 10.1 Å². The van der Waals surface area contributed by atoms with Crippen LogP contribution in [0.25, 0.3) is 0 Å². The van der Waals surface area contributed by atoms with Crippen LogP contribution in [0.2, 0.25) is 0 Å². The molecular weight excluding hydrogens is 266 g/mol. The lowest BCUT2D eigenvalue weighted by molar-refractivity contribution is -0.384. The minimum atomic E-state index is -0.399. The molecule has 0 aliphatic rings. The Bertz CT molecular complexity index is 656. The molecule has 2 rings (SSSR count). The van der Waals surface area contributed by atoms with Crippen LogP contribution in [0.4, 0.5) is 11.4 Å². The zero-order valence-corrected chi connectivity index (χ0v) is 12.2. The third-order valence-electron chi connectivity index (χ3n) is 3.31. The summed E-state index contributed by atoms with van der Waals surface area (Å²) in [6.45, 7) is 3.40. The molecule has 0 aromatic heterocycles. The maximum atomic E-state index is 10.8. The number of nitrogen functional groups attached to an aromatic ring is 1. The average Bonchev–Trinajstić information content (AvgIpc) is 2.41. The fourth-order valence-corrected chi connectivity index (χ4v) is 2.31. The summed E-state index contributed by atoms with van der Waals surface area (Å²) in [7, 11) is 1.97. The van der Waals surface area contributed by atoms with Crippen molar-refractivity contribution in [2.24, 2.45) is 0 Å². The van der Waals surface area contributed by atoms with E-state index in [0.717, 1.165) is 12.1 Å². The van der Waals surface area contributed by atoms with Crippen LogP contribution >= 0.6 is 0 Å². The molecule has 0 fully saturated rings. The van der Waals surface area contributed by atoms with Crippen LogP contribution in [-0.2, 0) is 13.1 Å². The lowest BCUT2D eigenvalue weighted by Gasteiger charge is -2.18. The monoisotopic (exact) mass is 285 g/mol. The number of benzene rings is 2. The topological polar surface area (TPSA) is 72.4 Å². The number of hydrogen-bond donors (Lipinski definition) is 1. The van der Waals surface area contributed by atoms with E-state index in [0.29, 0.717) is 12.2 Å². The summed E-state index contributed by atoms with van der Waals surface area (Å²) in [6, 6.07) is 12.9. The fraction of sp³-hybridized carbons (Fsp3) is 0.250. The lowest BCUT2D eigenvalue weighted by atomic mass is 10.1. The van der Waals surface area contributed by atoms with Gasteiger partial charge in [-0.15, -0.1) is 0 Å². The minimum Gasteiger partial charge on any atom is -0.398 e. The van der Waals surface area contributed by atoms with Crippen molar-refractivity contribution in [3.05, 3.63) is 69.3 Å². The van der Waals surface area contributed by atoms with Gasteiger partial charge in [0.15, 0.2) is 0 Å². The van der Waals surface area contributed by atoms with Crippen molar-refractivity contribution in [2.45, 2.75) is 20.0 Å². The van der Waals surface area contributed by atoms with Crippen molar-refractivity contribution in [2.75, 3.05) is 12.8 Å². The highest BCUT2D eigenvalue weighted by atomic mass is 16.6. The maximum Gasteiger partial charge on any atom is 0.269 e. The van der Waals surface area contributed by atoms with Gasteiger partial charge >= 0.3 is 0 Å². The van der Waals surface area contributed by atoms with E-state index < -0.39 is 4.92 Å². The van der Waals surface area contributed by atoms with Crippen LogP contribution in [0.3, 0.4) is 0 Å². The second-order valence-corrected chi connectivity index (χ2v) is 5.30. The zero-order valence-electron chi connectivity index (χ0n) is 12.2. The van der Waals surface area contributed by atoms with E-state index in [1.807, 2.05) is 13.1 Å². The highest BCUT2D eigenvalue weighted by molar-refractivity contribution is 5.52. The zero-order chi connectivity index (χ0) is 15.4. The number of rotatable bonds is 5. The van der Waals surface area contributed by atoms with Crippen molar-refractivity contribution >= 4 is 11.4 Å². The molecule has 21 heavy (non-hydrogen) atoms. The molecule has 0 spiro atoms. The first-order valence-corrected chi connectivity index (χ1v) is 6.72. The van der Waals surface area contributed by atoms with Crippen molar-refractivity contribution < 1.29 is 4.92 Å². The fourth-order valence-electron chi connectivity index (χ4n) is 2.31. The molecular formula is C16H19N3O2. The van der Waals surface area contributed by atoms with Crippen LogP contribution in [0.1, 0.15) is 16.7 Å². The molecule has 0 amide bonds. The smallest absolute Gasteiger partial charge is 0.269 e. The average molecular weight is 285 g/mol. The van der Waals surface area contributed by atoms with Gasteiger partial charge in [-0.3, -0.25) is 15.0 Å². The van der Waals surface area contributed by atoms with Gasteiger partial charge in [0.2, 0.25) is 0 Å². The minimum absolute atomic E-state index is 0.0724. The molecule has 2 aromatic carbocycles. The van der Waals surface area contributed by atoms with E-state index in [1.54, 1.807) is 12.1 Å². The summed E-state index contributed by atoms with van der Waals surface area (Å²) in [5, 5.41) is 10.8. The summed E-state index contributed by atoms with van der Waals surface area (Å²) in [5.41, 5.74) is 9.76. The molecule has 0 radical (unpaired) electrons. The van der Waals surface area contributed by atoms with E-state index in [2.05, 4.69) is 30.0 Å². The molecule has 0 aliphatic heterocycles. The molecule has 0 heterocycles. The largest absolute Gasteiger partial charge is 0.398 e. The van der Waals surface area contributed by atoms with Crippen molar-refractivity contribution in [1.29, 1.82) is 0 Å². The number of nitro groups is 1. The standard InChI is InChI=1S/C16H19N3O2/c1-12-4-3-5-13(8-12)10-18(2)11-14-9-15(19(20)21)6-7-16(14)17/h3-9H,10-11,17H2,1-2H3. The number of non-ortho nitro benzene ring substituents is 1. The predicted molar refractivity (Wildman–Crippen MR) is 83.9 cm³/mol. The van der Waals surface area contributed by atoms with Crippen molar-refractivity contribution in [3.63, 3.8) is 0 Å². The molecule has 2 aromatic rings. The first-order valence-electron chi connectivity index (χ1n) is 6.72. The van der Waals surface area contributed by atoms with E-state index >= 15 is 0 Å². The van der Waals surface area contributed by atoms with Gasteiger partial charge in [0, 0.05) is 30.9 Å². The first kappa shape index (κ1) is 15.0. The summed E-state index contributed by atoms with van der Waals surface area (Å²) >= 11 is 0. The van der Waals surface area contributed by atoms with Crippen LogP contribution in [0.5, 0.6) is 0 Å². The molecule has 0 unspecified atom stereocenters. The lowest BCUT2D eigenvalue weighted by Crippen LogP contribution is -2.18. The number of nitro benzene ring substituents is 1.